The number of piperazine rings is 1. The number of hydrogen-bond acceptors (Lipinski definition) is 7. The summed E-state index contributed by atoms with van der Waals surface area (Å²) in [5.41, 5.74) is 1.17. The van der Waals surface area contributed by atoms with Gasteiger partial charge in [0, 0.05) is 45.3 Å². The molecule has 1 unspecified atom stereocenters. The van der Waals surface area contributed by atoms with Crippen molar-refractivity contribution in [2.24, 2.45) is 13.0 Å². The highest BCUT2D eigenvalue weighted by Gasteiger charge is 2.34. The third-order valence-corrected chi connectivity index (χ3v) is 8.28. The van der Waals surface area contributed by atoms with Gasteiger partial charge in [0.2, 0.25) is 0 Å². The van der Waals surface area contributed by atoms with Crippen LogP contribution in [-0.4, -0.2) is 64.4 Å². The number of amides is 1. The number of aromatic nitrogens is 1. The molecule has 1 amide bonds. The highest BCUT2D eigenvalue weighted by molar-refractivity contribution is 8.26. The summed E-state index contributed by atoms with van der Waals surface area (Å²) in [6.07, 6.45) is 6.22. The molecule has 0 radical (unpaired) electrons. The lowest BCUT2D eigenvalue weighted by Gasteiger charge is -2.36. The van der Waals surface area contributed by atoms with Gasteiger partial charge >= 0.3 is 0 Å². The molecule has 1 aromatic heterocycles. The third-order valence-electron chi connectivity index (χ3n) is 6.90. The van der Waals surface area contributed by atoms with Crippen molar-refractivity contribution < 1.29 is 4.79 Å². The number of unbranched alkanes of at least 4 members (excludes halogenated alkanes) is 1. The predicted octanol–water partition coefficient (Wildman–Crippen LogP) is 3.73. The van der Waals surface area contributed by atoms with Crippen LogP contribution in [-0.2, 0) is 11.8 Å². The van der Waals surface area contributed by atoms with Gasteiger partial charge in [-0.1, -0.05) is 57.1 Å². The summed E-state index contributed by atoms with van der Waals surface area (Å²) >= 11 is 6.91. The first kappa shape index (κ1) is 26.5. The summed E-state index contributed by atoms with van der Waals surface area (Å²) in [6.45, 7) is 10.1. The zero-order valence-corrected chi connectivity index (χ0v) is 22.5. The smallest absolute Gasteiger partial charge is 0.270 e. The zero-order chi connectivity index (χ0) is 25.0. The van der Waals surface area contributed by atoms with Crippen molar-refractivity contribution in [3.63, 3.8) is 0 Å². The second kappa shape index (κ2) is 11.5. The van der Waals surface area contributed by atoms with Crippen LogP contribution in [0.5, 0.6) is 0 Å². The topological polar surface area (TPSA) is 72.6 Å². The van der Waals surface area contributed by atoms with E-state index in [4.69, 9.17) is 12.2 Å². The van der Waals surface area contributed by atoms with Crippen molar-refractivity contribution in [3.05, 3.63) is 31.9 Å². The van der Waals surface area contributed by atoms with Gasteiger partial charge in [-0.25, -0.2) is 0 Å². The van der Waals surface area contributed by atoms with E-state index < -0.39 is 0 Å². The third kappa shape index (κ3) is 5.40. The minimum absolute atomic E-state index is 0.0824. The van der Waals surface area contributed by atoms with Gasteiger partial charge in [-0.05, 0) is 37.9 Å². The molecule has 9 heteroatoms. The van der Waals surface area contributed by atoms with Crippen LogP contribution in [0.25, 0.3) is 6.08 Å². The Hall–Kier alpha value is -2.15. The molecule has 2 aliphatic rings. The van der Waals surface area contributed by atoms with Crippen LogP contribution < -0.4 is 10.5 Å². The molecule has 0 bridgehead atoms. The average molecular weight is 502 g/mol. The molecule has 3 heterocycles. The van der Waals surface area contributed by atoms with Gasteiger partial charge in [0.15, 0.2) is 0 Å². The van der Waals surface area contributed by atoms with E-state index in [1.54, 1.807) is 23.4 Å². The van der Waals surface area contributed by atoms with Crippen LogP contribution in [0.15, 0.2) is 9.70 Å². The fourth-order valence-corrected chi connectivity index (χ4v) is 5.83. The molecule has 2 fully saturated rings. The summed E-state index contributed by atoms with van der Waals surface area (Å²) in [5.74, 6) is 1.10. The summed E-state index contributed by atoms with van der Waals surface area (Å²) in [6, 6.07) is 2.07. The largest absolute Gasteiger partial charge is 0.355 e. The zero-order valence-electron chi connectivity index (χ0n) is 20.9. The Labute approximate surface area is 212 Å². The van der Waals surface area contributed by atoms with E-state index in [2.05, 4.69) is 36.8 Å². The molecule has 2 saturated heterocycles. The van der Waals surface area contributed by atoms with Gasteiger partial charge in [0.25, 0.3) is 11.5 Å². The Morgan fingerprint density at radius 1 is 1.18 bits per heavy atom. The maximum absolute atomic E-state index is 13.4. The van der Waals surface area contributed by atoms with E-state index in [0.717, 1.165) is 63.2 Å². The van der Waals surface area contributed by atoms with Crippen LogP contribution in [0.1, 0.15) is 56.2 Å². The normalized spacial score (nSPS) is 19.2. The van der Waals surface area contributed by atoms with Gasteiger partial charge in [-0.2, -0.15) is 5.26 Å². The molecular weight excluding hydrogens is 466 g/mol. The quantitative estimate of drug-likeness (QED) is 0.397. The summed E-state index contributed by atoms with van der Waals surface area (Å²) in [5, 5.41) is 9.67. The van der Waals surface area contributed by atoms with Crippen molar-refractivity contribution in [2.45, 2.75) is 46.5 Å². The second-order valence-corrected chi connectivity index (χ2v) is 10.9. The number of nitriles is 1. The molecule has 0 saturated carbocycles. The first-order chi connectivity index (χ1) is 16.2. The number of rotatable bonds is 8. The van der Waals surface area contributed by atoms with Crippen LogP contribution in [0.3, 0.4) is 0 Å². The lowest BCUT2D eigenvalue weighted by atomic mass is 9.99. The molecule has 0 N–H and O–H groups in total. The monoisotopic (exact) mass is 501 g/mol. The predicted molar refractivity (Wildman–Crippen MR) is 144 cm³/mol. The number of anilines is 1. The van der Waals surface area contributed by atoms with E-state index in [1.807, 2.05) is 6.08 Å². The van der Waals surface area contributed by atoms with Crippen molar-refractivity contribution in [3.8, 4) is 6.07 Å². The molecule has 1 atom stereocenters. The fraction of sp³-hybridized carbons (Fsp3) is 0.600. The lowest BCUT2D eigenvalue weighted by Crippen LogP contribution is -2.46. The van der Waals surface area contributed by atoms with Crippen LogP contribution >= 0.6 is 24.0 Å². The lowest BCUT2D eigenvalue weighted by molar-refractivity contribution is -0.122. The van der Waals surface area contributed by atoms with E-state index >= 15 is 0 Å². The molecule has 0 aromatic carbocycles. The Morgan fingerprint density at radius 3 is 2.44 bits per heavy atom. The Bertz CT molecular complexity index is 1080. The molecule has 34 heavy (non-hydrogen) atoms. The van der Waals surface area contributed by atoms with Crippen molar-refractivity contribution in [1.82, 2.24) is 14.4 Å². The SMILES string of the molecule is CCCCC(CC)CN1C(=O)/C(=C/c2c(C)c(C#N)c(=O)n(C)c2N2CCN(C)CC2)SC1=S. The Kier molecular flexibility index (Phi) is 8.96. The number of pyridine rings is 1. The van der Waals surface area contributed by atoms with Crippen molar-refractivity contribution in [1.29, 1.82) is 5.26 Å². The summed E-state index contributed by atoms with van der Waals surface area (Å²) in [7, 11) is 3.79. The molecular formula is C25H35N5O2S2. The second-order valence-electron chi connectivity index (χ2n) is 9.21. The highest BCUT2D eigenvalue weighted by atomic mass is 32.2. The number of carbonyl (C=O) groups excluding carboxylic acids is 1. The molecule has 2 aliphatic heterocycles. The summed E-state index contributed by atoms with van der Waals surface area (Å²) in [4.78, 5) is 33.0. The minimum atomic E-state index is -0.305. The number of nitrogens with zero attached hydrogens (tertiary/aromatic N) is 5. The van der Waals surface area contributed by atoms with E-state index in [-0.39, 0.29) is 17.0 Å². The number of likely N-dealkylation sites (N-methyl/N-ethyl adjacent to an activating group) is 1. The first-order valence-corrected chi connectivity index (χ1v) is 13.3. The van der Waals surface area contributed by atoms with E-state index in [1.165, 1.54) is 11.8 Å². The standard InChI is InChI=1S/C25H35N5O2S2/c1-6-8-9-18(7-2)16-30-24(32)21(34-25(30)33)14-19-17(3)20(15-26)23(31)28(5)22(19)29-12-10-27(4)11-13-29/h14,18H,6-13,16H2,1-5H3/b21-14-. The molecule has 0 aliphatic carbocycles. The molecule has 1 aromatic rings. The first-order valence-electron chi connectivity index (χ1n) is 12.1. The van der Waals surface area contributed by atoms with Gasteiger partial charge in [0.05, 0.1) is 4.91 Å². The maximum Gasteiger partial charge on any atom is 0.270 e. The molecule has 0 spiro atoms. The van der Waals surface area contributed by atoms with E-state index in [9.17, 15) is 14.9 Å². The van der Waals surface area contributed by atoms with Crippen LogP contribution in [0, 0.1) is 24.2 Å². The summed E-state index contributed by atoms with van der Waals surface area (Å²) < 4.78 is 2.14. The highest BCUT2D eigenvalue weighted by Crippen LogP contribution is 2.36. The Morgan fingerprint density at radius 2 is 1.85 bits per heavy atom. The number of thioether (sulfide) groups is 1. The molecule has 3 rings (SSSR count). The maximum atomic E-state index is 13.4. The van der Waals surface area contributed by atoms with E-state index in [0.29, 0.717) is 27.3 Å². The van der Waals surface area contributed by atoms with Crippen LogP contribution in [0.2, 0.25) is 0 Å². The van der Waals surface area contributed by atoms with Gasteiger partial charge in [-0.3, -0.25) is 19.1 Å². The molecule has 7 nitrogen and oxygen atoms in total. The van der Waals surface area contributed by atoms with Crippen LogP contribution in [0.4, 0.5) is 5.82 Å². The fourth-order valence-electron chi connectivity index (χ4n) is 4.58. The van der Waals surface area contributed by atoms with Gasteiger partial charge in [-0.15, -0.1) is 0 Å². The number of hydrogen-bond donors (Lipinski definition) is 0. The minimum Gasteiger partial charge on any atom is -0.355 e. The number of thiocarbonyl (C=S) groups is 1. The van der Waals surface area contributed by atoms with Gasteiger partial charge in [0.1, 0.15) is 21.8 Å². The van der Waals surface area contributed by atoms with Crippen molar-refractivity contribution >= 4 is 46.1 Å². The van der Waals surface area contributed by atoms with Crippen molar-refractivity contribution in [2.75, 3.05) is 44.7 Å². The molecule has 184 valence electrons. The number of carbonyl (C=O) groups is 1. The van der Waals surface area contributed by atoms with Gasteiger partial charge < -0.3 is 9.80 Å². The Balaban J connectivity index is 2.02. The average Bonchev–Trinajstić information content (AvgIpc) is 3.08.